The van der Waals surface area contributed by atoms with Crippen LogP contribution in [0.25, 0.3) is 0 Å². The van der Waals surface area contributed by atoms with Crippen molar-refractivity contribution in [3.63, 3.8) is 0 Å². The molecular weight excluding hydrogens is 434 g/mol. The first-order valence-electron chi connectivity index (χ1n) is 13.3. The molecule has 0 N–H and O–H groups in total. The van der Waals surface area contributed by atoms with Gasteiger partial charge in [-0.25, -0.2) is 0 Å². The Hall–Kier alpha value is -0.730. The Morgan fingerprint density at radius 3 is 2.41 bits per heavy atom. The molecule has 7 bridgehead atoms. The molecule has 0 radical (unpaired) electrons. The number of hydrogen-bond donors (Lipinski definition) is 0. The zero-order valence-corrected chi connectivity index (χ0v) is 21.9. The van der Waals surface area contributed by atoms with Crippen molar-refractivity contribution in [1.29, 1.82) is 0 Å². The maximum absolute atomic E-state index is 12.6. The fourth-order valence-electron chi connectivity index (χ4n) is 11.4. The van der Waals surface area contributed by atoms with Crippen LogP contribution in [-0.4, -0.2) is 88.5 Å². The zero-order valence-electron chi connectivity index (χ0n) is 21.9. The lowest BCUT2D eigenvalue weighted by Crippen LogP contribution is -2.76. The molecule has 7 nitrogen and oxygen atoms in total. The van der Waals surface area contributed by atoms with Gasteiger partial charge in [0.1, 0.15) is 6.10 Å². The highest BCUT2D eigenvalue weighted by Crippen LogP contribution is 2.80. The summed E-state index contributed by atoms with van der Waals surface area (Å²) in [4.78, 5) is 15.3. The van der Waals surface area contributed by atoms with Crippen molar-refractivity contribution in [3.05, 3.63) is 0 Å². The van der Waals surface area contributed by atoms with E-state index in [1.807, 2.05) is 28.4 Å². The number of ether oxygens (including phenoxy) is 5. The van der Waals surface area contributed by atoms with Crippen LogP contribution >= 0.6 is 0 Å². The van der Waals surface area contributed by atoms with Crippen molar-refractivity contribution in [1.82, 2.24) is 4.90 Å². The Bertz CT molecular complexity index is 853. The van der Waals surface area contributed by atoms with Crippen LogP contribution in [0, 0.1) is 40.4 Å². The molecule has 0 aromatic heterocycles. The largest absolute Gasteiger partial charge is 0.462 e. The topological polar surface area (TPSA) is 66.5 Å². The van der Waals surface area contributed by atoms with Gasteiger partial charge in [0, 0.05) is 83.5 Å². The minimum atomic E-state index is -0.455. The Morgan fingerprint density at radius 1 is 1.06 bits per heavy atom. The molecule has 7 heteroatoms. The summed E-state index contributed by atoms with van der Waals surface area (Å²) >= 11 is 0. The van der Waals surface area contributed by atoms with Crippen molar-refractivity contribution in [2.75, 3.05) is 41.5 Å². The van der Waals surface area contributed by atoms with Crippen LogP contribution in [0.4, 0.5) is 0 Å². The third kappa shape index (κ3) is 2.44. The lowest BCUT2D eigenvalue weighted by molar-refractivity contribution is -0.278. The quantitative estimate of drug-likeness (QED) is 0.545. The summed E-state index contributed by atoms with van der Waals surface area (Å²) in [5.74, 6) is 1.14. The van der Waals surface area contributed by atoms with E-state index in [4.69, 9.17) is 23.7 Å². The number of piperidine rings is 1. The Kier molecular flexibility index (Phi) is 5.31. The second-order valence-electron chi connectivity index (χ2n) is 12.4. The summed E-state index contributed by atoms with van der Waals surface area (Å²) in [6.45, 7) is 8.34. The van der Waals surface area contributed by atoms with Crippen LogP contribution in [0.2, 0.25) is 0 Å². The molecule has 192 valence electrons. The van der Waals surface area contributed by atoms with Gasteiger partial charge < -0.3 is 23.7 Å². The van der Waals surface area contributed by atoms with Crippen molar-refractivity contribution < 1.29 is 28.5 Å². The summed E-state index contributed by atoms with van der Waals surface area (Å²) in [6.07, 6.45) is 4.18. The Labute approximate surface area is 204 Å². The highest BCUT2D eigenvalue weighted by molar-refractivity contribution is 5.66. The number of likely N-dealkylation sites (tertiary alicyclic amines) is 1. The molecule has 0 aromatic rings. The summed E-state index contributed by atoms with van der Waals surface area (Å²) < 4.78 is 32.0. The van der Waals surface area contributed by atoms with Crippen LogP contribution in [0.15, 0.2) is 0 Å². The van der Waals surface area contributed by atoms with Crippen LogP contribution in [0.3, 0.4) is 0 Å². The summed E-state index contributed by atoms with van der Waals surface area (Å²) in [5, 5.41) is 0. The van der Waals surface area contributed by atoms with Gasteiger partial charge in [-0.05, 0) is 37.1 Å². The van der Waals surface area contributed by atoms with E-state index >= 15 is 0 Å². The summed E-state index contributed by atoms with van der Waals surface area (Å²) in [6, 6.07) is 0.262. The average Bonchev–Trinajstić information content (AvgIpc) is 3.25. The number of nitrogens with zero attached hydrogens (tertiary/aromatic N) is 1. The maximum atomic E-state index is 12.6. The molecule has 1 heterocycles. The Balaban J connectivity index is 1.66. The smallest absolute Gasteiger partial charge is 0.302 e. The third-order valence-corrected chi connectivity index (χ3v) is 11.8. The minimum absolute atomic E-state index is 0.0690. The minimum Gasteiger partial charge on any atom is -0.462 e. The fraction of sp³-hybridized carbons (Fsp3) is 0.963. The number of rotatable bonds is 6. The molecule has 0 aromatic carbocycles. The summed E-state index contributed by atoms with van der Waals surface area (Å²) in [7, 11) is 7.45. The van der Waals surface area contributed by atoms with Gasteiger partial charge >= 0.3 is 5.97 Å². The van der Waals surface area contributed by atoms with Gasteiger partial charge in [0.2, 0.25) is 0 Å². The number of carbonyl (C=O) groups excluding carboxylic acids is 1. The predicted molar refractivity (Wildman–Crippen MR) is 125 cm³/mol. The van der Waals surface area contributed by atoms with Crippen molar-refractivity contribution in [2.45, 2.75) is 82.5 Å². The maximum Gasteiger partial charge on any atom is 0.302 e. The first kappa shape index (κ1) is 23.7. The number of carbonyl (C=O) groups is 1. The number of methoxy groups -OCH3 is 4. The molecule has 1 aliphatic heterocycles. The van der Waals surface area contributed by atoms with E-state index in [2.05, 4.69) is 18.7 Å². The lowest BCUT2D eigenvalue weighted by atomic mass is 9.43. The average molecular weight is 478 g/mol. The zero-order chi connectivity index (χ0) is 24.2. The van der Waals surface area contributed by atoms with Gasteiger partial charge in [-0.15, -0.1) is 0 Å². The Morgan fingerprint density at radius 2 is 1.82 bits per heavy atom. The number of hydrogen-bond acceptors (Lipinski definition) is 7. The van der Waals surface area contributed by atoms with Gasteiger partial charge in [-0.3, -0.25) is 9.69 Å². The standard InChI is InChI=1S/C27H43NO6/c1-8-28-13-25(3)10-9-18(31-5)27-16-11-15-17(30-4)12-26(33-7,19(16)21(15)32-6)20(24(27)28)22(23(25)27)34-14(2)29/h15-24H,8-13H2,1-7H3. The molecule has 6 fully saturated rings. The normalized spacial score (nSPS) is 57.0. The van der Waals surface area contributed by atoms with Crippen LogP contribution in [0.5, 0.6) is 0 Å². The van der Waals surface area contributed by atoms with Gasteiger partial charge in [-0.2, -0.15) is 0 Å². The second-order valence-corrected chi connectivity index (χ2v) is 12.4. The SMILES string of the molecule is CCN1CC2(C)CCC(OC)C34C5CC6C(OC)CC(OC)(C5C6OC)C(C(OC(C)=O)C23)C14. The van der Waals surface area contributed by atoms with E-state index in [1.54, 1.807) is 6.92 Å². The molecule has 1 spiro atoms. The molecule has 5 saturated carbocycles. The molecule has 5 aliphatic carbocycles. The second kappa shape index (κ2) is 7.64. The van der Waals surface area contributed by atoms with Crippen molar-refractivity contribution >= 4 is 5.97 Å². The predicted octanol–water partition coefficient (Wildman–Crippen LogP) is 2.75. The lowest BCUT2D eigenvalue weighted by Gasteiger charge is -2.69. The first-order valence-corrected chi connectivity index (χ1v) is 13.3. The number of esters is 1. The van der Waals surface area contributed by atoms with E-state index in [1.165, 1.54) is 0 Å². The van der Waals surface area contributed by atoms with E-state index in [9.17, 15) is 4.79 Å². The highest BCUT2D eigenvalue weighted by Gasteiger charge is 2.87. The van der Waals surface area contributed by atoms with Gasteiger partial charge in [0.15, 0.2) is 0 Å². The van der Waals surface area contributed by atoms with Crippen LogP contribution in [-0.2, 0) is 28.5 Å². The summed E-state index contributed by atoms with van der Waals surface area (Å²) in [5.41, 5.74) is -0.462. The molecular formula is C27H43NO6. The molecule has 6 rings (SSSR count). The van der Waals surface area contributed by atoms with E-state index in [0.29, 0.717) is 11.8 Å². The monoisotopic (exact) mass is 477 g/mol. The molecule has 0 amide bonds. The van der Waals surface area contributed by atoms with Crippen LogP contribution in [0.1, 0.15) is 46.5 Å². The molecule has 13 atom stereocenters. The van der Waals surface area contributed by atoms with Crippen LogP contribution < -0.4 is 0 Å². The van der Waals surface area contributed by atoms with Gasteiger partial charge in [0.25, 0.3) is 0 Å². The highest BCUT2D eigenvalue weighted by atomic mass is 16.6. The van der Waals surface area contributed by atoms with E-state index < -0.39 is 5.60 Å². The van der Waals surface area contributed by atoms with Crippen molar-refractivity contribution in [3.8, 4) is 0 Å². The molecule has 34 heavy (non-hydrogen) atoms. The van der Waals surface area contributed by atoms with E-state index in [0.717, 1.165) is 38.8 Å². The van der Waals surface area contributed by atoms with Gasteiger partial charge in [-0.1, -0.05) is 13.8 Å². The number of fused-ring (bicyclic) bond motifs is 2. The molecule has 1 saturated heterocycles. The first-order chi connectivity index (χ1) is 16.3. The van der Waals surface area contributed by atoms with E-state index in [-0.39, 0.29) is 65.0 Å². The molecule has 6 aliphatic rings. The fourth-order valence-corrected chi connectivity index (χ4v) is 11.4. The molecule has 13 unspecified atom stereocenters. The third-order valence-electron chi connectivity index (χ3n) is 11.8. The van der Waals surface area contributed by atoms with Gasteiger partial charge in [0.05, 0.1) is 23.9 Å². The van der Waals surface area contributed by atoms with Crippen molar-refractivity contribution in [2.24, 2.45) is 40.4 Å².